The predicted octanol–water partition coefficient (Wildman–Crippen LogP) is 0.854. The van der Waals surface area contributed by atoms with E-state index in [1.807, 2.05) is 32.2 Å². The van der Waals surface area contributed by atoms with Crippen LogP contribution in [0.4, 0.5) is 0 Å². The van der Waals surface area contributed by atoms with E-state index in [0.717, 1.165) is 5.56 Å². The van der Waals surface area contributed by atoms with Crippen LogP contribution in [0.1, 0.15) is 25.5 Å². The third-order valence-corrected chi connectivity index (χ3v) is 2.40. The number of nitrogens with zero attached hydrogens (tertiary/aromatic N) is 1. The van der Waals surface area contributed by atoms with Crippen molar-refractivity contribution in [3.8, 4) is 0 Å². The molecule has 0 bridgehead atoms. The number of aromatic nitrogens is 1. The number of pyridine rings is 1. The lowest BCUT2D eigenvalue weighted by Crippen LogP contribution is -2.32. The molecule has 0 aliphatic rings. The topological polar surface area (TPSA) is 68.0 Å². The number of carbonyl (C=O) groups is 1. The second-order valence-corrected chi connectivity index (χ2v) is 3.72. The van der Waals surface area contributed by atoms with Crippen LogP contribution in [-0.4, -0.2) is 17.4 Å². The molecule has 0 radical (unpaired) electrons. The largest absolute Gasteiger partial charge is 0.369 e. The van der Waals surface area contributed by atoms with E-state index in [4.69, 9.17) is 5.73 Å². The van der Waals surface area contributed by atoms with Crippen LogP contribution in [0.25, 0.3) is 0 Å². The Kier molecular flexibility index (Phi) is 4.24. The first kappa shape index (κ1) is 11.7. The third-order valence-electron chi connectivity index (χ3n) is 2.40. The van der Waals surface area contributed by atoms with E-state index in [9.17, 15) is 4.79 Å². The highest BCUT2D eigenvalue weighted by molar-refractivity contribution is 5.76. The monoisotopic (exact) mass is 207 g/mol. The predicted molar refractivity (Wildman–Crippen MR) is 59.0 cm³/mol. The van der Waals surface area contributed by atoms with Gasteiger partial charge in [0.05, 0.1) is 0 Å². The molecule has 0 aromatic carbocycles. The zero-order chi connectivity index (χ0) is 11.3. The molecule has 1 aromatic rings. The first-order valence-electron chi connectivity index (χ1n) is 5.04. The van der Waals surface area contributed by atoms with Crippen LogP contribution in [0.3, 0.4) is 0 Å². The summed E-state index contributed by atoms with van der Waals surface area (Å²) in [4.78, 5) is 14.9. The molecule has 15 heavy (non-hydrogen) atoms. The Bertz CT molecular complexity index is 313. The van der Waals surface area contributed by atoms with Crippen molar-refractivity contribution in [3.05, 3.63) is 30.1 Å². The van der Waals surface area contributed by atoms with Crippen molar-refractivity contribution in [1.29, 1.82) is 0 Å². The SMILES string of the molecule is CC(CN[C@H](C)c1cccnc1)C(N)=O. The standard InChI is InChI=1S/C11H17N3O/c1-8(11(12)15)6-14-9(2)10-4-3-5-13-7-10/h3-5,7-9,14H,6H2,1-2H3,(H2,12,15)/t8?,9-/m1/s1. The molecule has 4 nitrogen and oxygen atoms in total. The van der Waals surface area contributed by atoms with Gasteiger partial charge in [0.1, 0.15) is 0 Å². The maximum absolute atomic E-state index is 10.8. The summed E-state index contributed by atoms with van der Waals surface area (Å²) >= 11 is 0. The Morgan fingerprint density at radius 1 is 1.60 bits per heavy atom. The lowest BCUT2D eigenvalue weighted by atomic mass is 10.1. The fourth-order valence-electron chi connectivity index (χ4n) is 1.20. The van der Waals surface area contributed by atoms with E-state index in [-0.39, 0.29) is 17.9 Å². The molecule has 0 saturated carbocycles. The first-order chi connectivity index (χ1) is 7.11. The van der Waals surface area contributed by atoms with Gasteiger partial charge in [0.25, 0.3) is 0 Å². The minimum atomic E-state index is -0.277. The highest BCUT2D eigenvalue weighted by Gasteiger charge is 2.10. The summed E-state index contributed by atoms with van der Waals surface area (Å²) in [6.45, 7) is 4.43. The van der Waals surface area contributed by atoms with Crippen molar-refractivity contribution in [2.45, 2.75) is 19.9 Å². The van der Waals surface area contributed by atoms with Gasteiger partial charge in [0.15, 0.2) is 0 Å². The molecule has 0 fully saturated rings. The minimum absolute atomic E-state index is 0.149. The fraction of sp³-hybridized carbons (Fsp3) is 0.455. The molecular weight excluding hydrogens is 190 g/mol. The van der Waals surface area contributed by atoms with Gasteiger partial charge in [-0.25, -0.2) is 0 Å². The van der Waals surface area contributed by atoms with Crippen LogP contribution in [0, 0.1) is 5.92 Å². The van der Waals surface area contributed by atoms with Crippen molar-refractivity contribution < 1.29 is 4.79 Å². The van der Waals surface area contributed by atoms with E-state index in [1.54, 1.807) is 6.20 Å². The molecular formula is C11H17N3O. The van der Waals surface area contributed by atoms with E-state index in [2.05, 4.69) is 10.3 Å². The van der Waals surface area contributed by atoms with Crippen molar-refractivity contribution >= 4 is 5.91 Å². The average Bonchev–Trinajstić information content (AvgIpc) is 2.26. The highest BCUT2D eigenvalue weighted by atomic mass is 16.1. The normalized spacial score (nSPS) is 14.5. The summed E-state index contributed by atoms with van der Waals surface area (Å²) in [5.74, 6) is -0.426. The van der Waals surface area contributed by atoms with E-state index >= 15 is 0 Å². The van der Waals surface area contributed by atoms with Gasteiger partial charge in [0.2, 0.25) is 5.91 Å². The molecule has 2 atom stereocenters. The zero-order valence-electron chi connectivity index (χ0n) is 9.10. The maximum atomic E-state index is 10.8. The number of nitrogens with one attached hydrogen (secondary N) is 1. The van der Waals surface area contributed by atoms with E-state index in [0.29, 0.717) is 6.54 Å². The molecule has 0 spiro atoms. The molecule has 1 heterocycles. The molecule has 82 valence electrons. The summed E-state index contributed by atoms with van der Waals surface area (Å²) < 4.78 is 0. The Balaban J connectivity index is 2.43. The number of hydrogen-bond acceptors (Lipinski definition) is 3. The van der Waals surface area contributed by atoms with Gasteiger partial charge in [-0.15, -0.1) is 0 Å². The van der Waals surface area contributed by atoms with Crippen LogP contribution in [0.15, 0.2) is 24.5 Å². The smallest absolute Gasteiger partial charge is 0.221 e. The zero-order valence-corrected chi connectivity index (χ0v) is 9.10. The van der Waals surface area contributed by atoms with Crippen molar-refractivity contribution in [3.63, 3.8) is 0 Å². The van der Waals surface area contributed by atoms with Crippen LogP contribution in [-0.2, 0) is 4.79 Å². The quantitative estimate of drug-likeness (QED) is 0.752. The Hall–Kier alpha value is -1.42. The van der Waals surface area contributed by atoms with Gasteiger partial charge in [-0.1, -0.05) is 13.0 Å². The number of hydrogen-bond donors (Lipinski definition) is 2. The van der Waals surface area contributed by atoms with E-state index in [1.165, 1.54) is 0 Å². The van der Waals surface area contributed by atoms with Gasteiger partial charge in [-0.3, -0.25) is 9.78 Å². The van der Waals surface area contributed by atoms with Crippen LogP contribution < -0.4 is 11.1 Å². The van der Waals surface area contributed by atoms with Crippen LogP contribution >= 0.6 is 0 Å². The molecule has 1 amide bonds. The van der Waals surface area contributed by atoms with Crippen molar-refractivity contribution in [2.24, 2.45) is 11.7 Å². The lowest BCUT2D eigenvalue weighted by molar-refractivity contribution is -0.121. The minimum Gasteiger partial charge on any atom is -0.369 e. The van der Waals surface area contributed by atoms with Gasteiger partial charge in [0, 0.05) is 30.9 Å². The van der Waals surface area contributed by atoms with Crippen LogP contribution in [0.5, 0.6) is 0 Å². The van der Waals surface area contributed by atoms with Gasteiger partial charge in [-0.2, -0.15) is 0 Å². The number of amides is 1. The number of primary amides is 1. The Morgan fingerprint density at radius 2 is 2.33 bits per heavy atom. The summed E-state index contributed by atoms with van der Waals surface area (Å²) in [5, 5.41) is 3.24. The molecule has 0 saturated heterocycles. The van der Waals surface area contributed by atoms with Gasteiger partial charge in [-0.05, 0) is 18.6 Å². The summed E-state index contributed by atoms with van der Waals surface area (Å²) in [7, 11) is 0. The molecule has 0 aliphatic carbocycles. The van der Waals surface area contributed by atoms with Crippen molar-refractivity contribution in [2.75, 3.05) is 6.54 Å². The molecule has 0 aliphatic heterocycles. The van der Waals surface area contributed by atoms with Gasteiger partial charge < -0.3 is 11.1 Å². The Morgan fingerprint density at radius 3 is 2.87 bits per heavy atom. The number of rotatable bonds is 5. The summed E-state index contributed by atoms with van der Waals surface area (Å²) in [6.07, 6.45) is 3.55. The first-order valence-corrected chi connectivity index (χ1v) is 5.04. The van der Waals surface area contributed by atoms with Crippen LogP contribution in [0.2, 0.25) is 0 Å². The molecule has 1 unspecified atom stereocenters. The summed E-state index contributed by atoms with van der Waals surface area (Å²) in [6, 6.07) is 4.07. The lowest BCUT2D eigenvalue weighted by Gasteiger charge is -2.15. The fourth-order valence-corrected chi connectivity index (χ4v) is 1.20. The second-order valence-electron chi connectivity index (χ2n) is 3.72. The molecule has 1 aromatic heterocycles. The van der Waals surface area contributed by atoms with E-state index < -0.39 is 0 Å². The molecule has 4 heteroatoms. The average molecular weight is 207 g/mol. The number of nitrogens with two attached hydrogens (primary N) is 1. The molecule has 1 rings (SSSR count). The summed E-state index contributed by atoms with van der Waals surface area (Å²) in [5.41, 5.74) is 6.28. The highest BCUT2D eigenvalue weighted by Crippen LogP contribution is 2.09. The Labute approximate surface area is 89.9 Å². The maximum Gasteiger partial charge on any atom is 0.221 e. The van der Waals surface area contributed by atoms with Gasteiger partial charge >= 0.3 is 0 Å². The number of carbonyl (C=O) groups excluding carboxylic acids is 1. The second kappa shape index (κ2) is 5.46. The molecule has 3 N–H and O–H groups in total. The van der Waals surface area contributed by atoms with Crippen molar-refractivity contribution in [1.82, 2.24) is 10.3 Å². The third kappa shape index (κ3) is 3.67.